The molecule has 2 heterocycles. The van der Waals surface area contributed by atoms with E-state index >= 15 is 0 Å². The summed E-state index contributed by atoms with van der Waals surface area (Å²) in [6, 6.07) is 4.30. The second kappa shape index (κ2) is 8.45. The number of hydrogen-bond acceptors (Lipinski definition) is 6. The number of halogens is 2. The molecule has 3 N–H and O–H groups in total. The zero-order valence-electron chi connectivity index (χ0n) is 16.8. The van der Waals surface area contributed by atoms with Crippen LogP contribution in [0, 0.1) is 5.82 Å². The van der Waals surface area contributed by atoms with Gasteiger partial charge >= 0.3 is 0 Å². The molecule has 1 aliphatic carbocycles. The number of carbonyl (C=O) groups is 1. The normalized spacial score (nSPS) is 22.2. The summed E-state index contributed by atoms with van der Waals surface area (Å²) in [4.78, 5) is 25.6. The molecule has 0 spiro atoms. The van der Waals surface area contributed by atoms with E-state index in [4.69, 9.17) is 17.3 Å². The second-order valence-electron chi connectivity index (χ2n) is 7.92. The summed E-state index contributed by atoms with van der Waals surface area (Å²) in [5, 5.41) is 10.5. The first-order chi connectivity index (χ1) is 14.4. The van der Waals surface area contributed by atoms with E-state index in [1.54, 1.807) is 11.0 Å². The Morgan fingerprint density at radius 1 is 1.33 bits per heavy atom. The number of nitrogens with two attached hydrogens (primary N) is 1. The van der Waals surface area contributed by atoms with Crippen LogP contribution in [-0.2, 0) is 4.79 Å². The standard InChI is InChI=1S/C21H25ClFN5O2/c1-12-8-17(29)19-18(12)20(26-11-25-19)27-4-6-28(7-5-27)21(30)15(10-24)14-3-2-13(22)9-16(14)23/h2-3,9,11-12,15,17,29H,4-8,10,24H2,1H3/t12?,15-,17-/m1/s1. The van der Waals surface area contributed by atoms with Crippen molar-refractivity contribution in [1.29, 1.82) is 0 Å². The monoisotopic (exact) mass is 433 g/mol. The highest BCUT2D eigenvalue weighted by molar-refractivity contribution is 6.30. The van der Waals surface area contributed by atoms with Crippen molar-refractivity contribution in [2.24, 2.45) is 5.73 Å². The molecule has 1 fully saturated rings. The Hall–Kier alpha value is -2.29. The molecule has 1 saturated heterocycles. The molecular weight excluding hydrogens is 409 g/mol. The first kappa shape index (κ1) is 21.0. The van der Waals surface area contributed by atoms with E-state index in [0.29, 0.717) is 38.3 Å². The van der Waals surface area contributed by atoms with Crippen molar-refractivity contribution in [3.63, 3.8) is 0 Å². The van der Waals surface area contributed by atoms with Gasteiger partial charge in [-0.3, -0.25) is 4.79 Å². The molecule has 30 heavy (non-hydrogen) atoms. The third-order valence-corrected chi connectivity index (χ3v) is 6.28. The van der Waals surface area contributed by atoms with E-state index in [2.05, 4.69) is 21.8 Å². The van der Waals surface area contributed by atoms with Crippen LogP contribution in [-0.4, -0.2) is 58.6 Å². The predicted octanol–water partition coefficient (Wildman–Crippen LogP) is 2.20. The van der Waals surface area contributed by atoms with Crippen molar-refractivity contribution in [2.45, 2.75) is 31.3 Å². The van der Waals surface area contributed by atoms with Gasteiger partial charge in [0.1, 0.15) is 18.0 Å². The fourth-order valence-electron chi connectivity index (χ4n) is 4.46. The molecule has 3 atom stereocenters. The Morgan fingerprint density at radius 3 is 2.73 bits per heavy atom. The SMILES string of the molecule is CC1C[C@@H](O)c2ncnc(N3CCN(C(=O)[C@H](CN)c4ccc(Cl)cc4F)CC3)c21. The van der Waals surface area contributed by atoms with Crippen LogP contribution in [0.5, 0.6) is 0 Å². The van der Waals surface area contributed by atoms with E-state index in [9.17, 15) is 14.3 Å². The number of carbonyl (C=O) groups excluding carboxylic acids is 1. The fourth-order valence-corrected chi connectivity index (χ4v) is 4.62. The fraction of sp³-hybridized carbons (Fsp3) is 0.476. The van der Waals surface area contributed by atoms with Crippen LogP contribution < -0.4 is 10.6 Å². The van der Waals surface area contributed by atoms with Crippen LogP contribution in [0.25, 0.3) is 0 Å². The van der Waals surface area contributed by atoms with Crippen molar-refractivity contribution in [1.82, 2.24) is 14.9 Å². The minimum absolute atomic E-state index is 0.0203. The molecular formula is C21H25ClFN5O2. The van der Waals surface area contributed by atoms with Crippen LogP contribution in [0.3, 0.4) is 0 Å². The van der Waals surface area contributed by atoms with Gasteiger partial charge in [0.25, 0.3) is 0 Å². The number of fused-ring (bicyclic) bond motifs is 1. The molecule has 4 rings (SSSR count). The summed E-state index contributed by atoms with van der Waals surface area (Å²) < 4.78 is 14.3. The van der Waals surface area contributed by atoms with Gasteiger partial charge in [0.15, 0.2) is 0 Å². The molecule has 2 aliphatic rings. The van der Waals surface area contributed by atoms with Crippen molar-refractivity contribution < 1.29 is 14.3 Å². The minimum atomic E-state index is -0.743. The van der Waals surface area contributed by atoms with Gasteiger partial charge in [-0.05, 0) is 24.5 Å². The van der Waals surface area contributed by atoms with Crippen molar-refractivity contribution in [3.8, 4) is 0 Å². The lowest BCUT2D eigenvalue weighted by Crippen LogP contribution is -2.51. The van der Waals surface area contributed by atoms with E-state index < -0.39 is 17.8 Å². The molecule has 7 nitrogen and oxygen atoms in total. The molecule has 1 aromatic heterocycles. The van der Waals surface area contributed by atoms with E-state index in [1.165, 1.54) is 18.5 Å². The molecule has 0 bridgehead atoms. The zero-order chi connectivity index (χ0) is 21.4. The van der Waals surface area contributed by atoms with Gasteiger partial charge in [-0.25, -0.2) is 14.4 Å². The molecule has 0 saturated carbocycles. The third kappa shape index (κ3) is 3.75. The van der Waals surface area contributed by atoms with Gasteiger partial charge < -0.3 is 20.6 Å². The largest absolute Gasteiger partial charge is 0.387 e. The highest BCUT2D eigenvalue weighted by Gasteiger charge is 2.35. The van der Waals surface area contributed by atoms with E-state index in [0.717, 1.165) is 11.4 Å². The molecule has 9 heteroatoms. The molecule has 1 amide bonds. The molecule has 0 radical (unpaired) electrons. The molecule has 1 aliphatic heterocycles. The Labute approximate surface area is 179 Å². The number of aromatic nitrogens is 2. The summed E-state index contributed by atoms with van der Waals surface area (Å²) in [7, 11) is 0. The maximum Gasteiger partial charge on any atom is 0.231 e. The van der Waals surface area contributed by atoms with E-state index in [1.807, 2.05) is 0 Å². The minimum Gasteiger partial charge on any atom is -0.387 e. The summed E-state index contributed by atoms with van der Waals surface area (Å²) in [5.41, 5.74) is 7.79. The van der Waals surface area contributed by atoms with Crippen LogP contribution in [0.2, 0.25) is 5.02 Å². The number of aliphatic hydroxyl groups is 1. The first-order valence-corrected chi connectivity index (χ1v) is 10.5. The molecule has 1 aromatic carbocycles. The number of piperazine rings is 1. The number of nitrogens with zero attached hydrogens (tertiary/aromatic N) is 4. The quantitative estimate of drug-likeness (QED) is 0.767. The average molecular weight is 434 g/mol. The zero-order valence-corrected chi connectivity index (χ0v) is 17.5. The van der Waals surface area contributed by atoms with Gasteiger partial charge in [0.05, 0.1) is 17.7 Å². The molecule has 1 unspecified atom stereocenters. The highest BCUT2D eigenvalue weighted by Crippen LogP contribution is 2.42. The van der Waals surface area contributed by atoms with Crippen LogP contribution >= 0.6 is 11.6 Å². The van der Waals surface area contributed by atoms with Gasteiger partial charge in [-0.15, -0.1) is 0 Å². The third-order valence-electron chi connectivity index (χ3n) is 6.04. The Balaban J connectivity index is 1.48. The molecule has 160 valence electrons. The number of rotatable bonds is 4. The Kier molecular flexibility index (Phi) is 5.90. The maximum absolute atomic E-state index is 14.3. The van der Waals surface area contributed by atoms with Crippen molar-refractivity contribution >= 4 is 23.3 Å². The van der Waals surface area contributed by atoms with Crippen LogP contribution in [0.15, 0.2) is 24.5 Å². The summed E-state index contributed by atoms with van der Waals surface area (Å²) in [6.07, 6.45) is 1.57. The lowest BCUT2D eigenvalue weighted by molar-refractivity contribution is -0.133. The average Bonchev–Trinajstić information content (AvgIpc) is 3.04. The van der Waals surface area contributed by atoms with Gasteiger partial charge in [-0.2, -0.15) is 0 Å². The summed E-state index contributed by atoms with van der Waals surface area (Å²) >= 11 is 5.83. The van der Waals surface area contributed by atoms with Crippen LogP contribution in [0.4, 0.5) is 10.2 Å². The lowest BCUT2D eigenvalue weighted by Gasteiger charge is -2.37. The smallest absolute Gasteiger partial charge is 0.231 e. The number of benzene rings is 1. The topological polar surface area (TPSA) is 95.6 Å². The number of amides is 1. The van der Waals surface area contributed by atoms with E-state index in [-0.39, 0.29) is 29.0 Å². The Morgan fingerprint density at radius 2 is 2.07 bits per heavy atom. The summed E-state index contributed by atoms with van der Waals surface area (Å²) in [6.45, 7) is 4.25. The van der Waals surface area contributed by atoms with Crippen LogP contribution in [0.1, 0.15) is 48.1 Å². The van der Waals surface area contributed by atoms with Crippen molar-refractivity contribution in [2.75, 3.05) is 37.6 Å². The Bertz CT molecular complexity index is 951. The maximum atomic E-state index is 14.3. The number of aliphatic hydroxyl groups excluding tert-OH is 1. The molecule has 2 aromatic rings. The van der Waals surface area contributed by atoms with Gasteiger partial charge in [-0.1, -0.05) is 24.6 Å². The van der Waals surface area contributed by atoms with Gasteiger partial charge in [0, 0.05) is 48.9 Å². The second-order valence-corrected chi connectivity index (χ2v) is 8.35. The van der Waals surface area contributed by atoms with Crippen molar-refractivity contribution in [3.05, 3.63) is 52.2 Å². The predicted molar refractivity (Wildman–Crippen MR) is 112 cm³/mol. The number of anilines is 1. The lowest BCUT2D eigenvalue weighted by atomic mass is 9.96. The summed E-state index contributed by atoms with van der Waals surface area (Å²) in [5.74, 6) is -0.438. The number of hydrogen-bond donors (Lipinski definition) is 2. The highest BCUT2D eigenvalue weighted by atomic mass is 35.5. The van der Waals surface area contributed by atoms with Gasteiger partial charge in [0.2, 0.25) is 5.91 Å². The first-order valence-electron chi connectivity index (χ1n) is 10.1.